The first-order chi connectivity index (χ1) is 17.4. The highest BCUT2D eigenvalue weighted by atomic mass is 16.5. The predicted molar refractivity (Wildman–Crippen MR) is 138 cm³/mol. The normalized spacial score (nSPS) is 11.7. The first kappa shape index (κ1) is 24.9. The summed E-state index contributed by atoms with van der Waals surface area (Å²) in [6.07, 6.45) is 3.20. The fourth-order valence-corrected chi connectivity index (χ4v) is 3.59. The number of aliphatic hydroxyl groups excluding tert-OH is 1. The second-order valence-electron chi connectivity index (χ2n) is 8.54. The molecule has 186 valence electrons. The van der Waals surface area contributed by atoms with Crippen LogP contribution in [-0.2, 0) is 4.79 Å². The molecule has 36 heavy (non-hydrogen) atoms. The Morgan fingerprint density at radius 1 is 1.08 bits per heavy atom. The Morgan fingerprint density at radius 2 is 1.92 bits per heavy atom. The summed E-state index contributed by atoms with van der Waals surface area (Å²) in [7, 11) is 1.64. The lowest BCUT2D eigenvalue weighted by Gasteiger charge is -2.24. The van der Waals surface area contributed by atoms with Crippen molar-refractivity contribution in [1.82, 2.24) is 19.9 Å². The van der Waals surface area contributed by atoms with E-state index in [0.717, 1.165) is 33.6 Å². The Bertz CT molecular complexity index is 1360. The number of benzene rings is 2. The largest absolute Gasteiger partial charge is 0.491 e. The number of likely N-dealkylation sites (N-methyl/N-ethyl adjacent to an activating group) is 1. The maximum Gasteiger partial charge on any atom is 0.248 e. The summed E-state index contributed by atoms with van der Waals surface area (Å²) < 4.78 is 12.0. The SMILES string of the molecule is Cc1ccc(Oc2ccc(Nc3ncnc4cccc(OC[C@H](C)N(C)C(=O)CO)c34)cc2C)cn1. The van der Waals surface area contributed by atoms with Crippen LogP contribution in [0, 0.1) is 13.8 Å². The van der Waals surface area contributed by atoms with Gasteiger partial charge in [0.2, 0.25) is 5.91 Å². The van der Waals surface area contributed by atoms with E-state index in [-0.39, 0.29) is 18.6 Å². The van der Waals surface area contributed by atoms with Gasteiger partial charge in [-0.3, -0.25) is 9.78 Å². The van der Waals surface area contributed by atoms with Crippen LogP contribution < -0.4 is 14.8 Å². The van der Waals surface area contributed by atoms with Gasteiger partial charge >= 0.3 is 0 Å². The molecular weight excluding hydrogens is 458 g/mol. The van der Waals surface area contributed by atoms with Crippen LogP contribution >= 0.6 is 0 Å². The summed E-state index contributed by atoms with van der Waals surface area (Å²) in [5.74, 6) is 2.23. The van der Waals surface area contributed by atoms with Crippen LogP contribution in [0.4, 0.5) is 11.5 Å². The van der Waals surface area contributed by atoms with Gasteiger partial charge in [-0.15, -0.1) is 0 Å². The van der Waals surface area contributed by atoms with Crippen LogP contribution in [0.25, 0.3) is 10.9 Å². The molecule has 0 spiro atoms. The van der Waals surface area contributed by atoms with Crippen molar-refractivity contribution in [2.24, 2.45) is 0 Å². The number of nitrogens with one attached hydrogen (secondary N) is 1. The minimum absolute atomic E-state index is 0.236. The van der Waals surface area contributed by atoms with Crippen molar-refractivity contribution in [2.75, 3.05) is 25.6 Å². The summed E-state index contributed by atoms with van der Waals surface area (Å²) >= 11 is 0. The molecule has 9 heteroatoms. The monoisotopic (exact) mass is 487 g/mol. The molecule has 0 fully saturated rings. The molecule has 4 rings (SSSR count). The standard InChI is InChI=1S/C27H29N5O4/c1-17-12-20(9-11-23(17)36-21-10-8-18(2)28-13-21)31-27-26-22(29-16-30-27)6-5-7-24(26)35-15-19(3)32(4)25(34)14-33/h5-13,16,19,33H,14-15H2,1-4H3,(H,29,30,31)/t19-/m0/s1. The Labute approximate surface area is 209 Å². The zero-order valence-corrected chi connectivity index (χ0v) is 20.7. The molecule has 0 bridgehead atoms. The number of carbonyl (C=O) groups excluding carboxylic acids is 1. The van der Waals surface area contributed by atoms with E-state index >= 15 is 0 Å². The summed E-state index contributed by atoms with van der Waals surface area (Å²) in [6, 6.07) is 14.9. The third-order valence-corrected chi connectivity index (χ3v) is 5.84. The average Bonchev–Trinajstić information content (AvgIpc) is 2.89. The number of rotatable bonds is 9. The molecule has 2 aromatic carbocycles. The highest BCUT2D eigenvalue weighted by Gasteiger charge is 2.17. The van der Waals surface area contributed by atoms with Gasteiger partial charge in [-0.05, 0) is 68.8 Å². The highest BCUT2D eigenvalue weighted by molar-refractivity contribution is 5.95. The fourth-order valence-electron chi connectivity index (χ4n) is 3.59. The number of aliphatic hydroxyl groups is 1. The zero-order chi connectivity index (χ0) is 25.7. The van der Waals surface area contributed by atoms with E-state index in [9.17, 15) is 4.79 Å². The van der Waals surface area contributed by atoms with Crippen LogP contribution in [0.15, 0.2) is 61.1 Å². The van der Waals surface area contributed by atoms with Crippen molar-refractivity contribution in [3.05, 3.63) is 72.3 Å². The zero-order valence-electron chi connectivity index (χ0n) is 20.7. The van der Waals surface area contributed by atoms with Crippen molar-refractivity contribution >= 4 is 28.3 Å². The number of nitrogens with zero attached hydrogens (tertiary/aromatic N) is 4. The Balaban J connectivity index is 1.55. The maximum atomic E-state index is 11.8. The van der Waals surface area contributed by atoms with Crippen molar-refractivity contribution < 1.29 is 19.4 Å². The topological polar surface area (TPSA) is 110 Å². The van der Waals surface area contributed by atoms with E-state index in [1.165, 1.54) is 11.2 Å². The predicted octanol–water partition coefficient (Wildman–Crippen LogP) is 4.40. The van der Waals surface area contributed by atoms with Crippen molar-refractivity contribution in [3.8, 4) is 17.2 Å². The van der Waals surface area contributed by atoms with Gasteiger partial charge in [0.15, 0.2) is 0 Å². The molecule has 0 saturated heterocycles. The number of ether oxygens (including phenoxy) is 2. The lowest BCUT2D eigenvalue weighted by atomic mass is 10.1. The molecule has 9 nitrogen and oxygen atoms in total. The third kappa shape index (κ3) is 5.69. The molecule has 0 saturated carbocycles. The van der Waals surface area contributed by atoms with E-state index in [2.05, 4.69) is 20.3 Å². The van der Waals surface area contributed by atoms with E-state index < -0.39 is 6.61 Å². The number of amides is 1. The number of fused-ring (bicyclic) bond motifs is 1. The van der Waals surface area contributed by atoms with Gasteiger partial charge in [-0.1, -0.05) is 6.07 Å². The van der Waals surface area contributed by atoms with Gasteiger partial charge < -0.3 is 24.8 Å². The van der Waals surface area contributed by atoms with Crippen LogP contribution in [0.1, 0.15) is 18.2 Å². The first-order valence-electron chi connectivity index (χ1n) is 11.6. The smallest absolute Gasteiger partial charge is 0.248 e. The van der Waals surface area contributed by atoms with E-state index in [1.807, 2.05) is 69.3 Å². The lowest BCUT2D eigenvalue weighted by Crippen LogP contribution is -2.40. The van der Waals surface area contributed by atoms with Crippen LogP contribution in [0.2, 0.25) is 0 Å². The Hall–Kier alpha value is -4.24. The molecule has 1 amide bonds. The molecule has 0 aliphatic rings. The van der Waals surface area contributed by atoms with E-state index in [1.54, 1.807) is 13.2 Å². The average molecular weight is 488 g/mol. The molecule has 2 aromatic heterocycles. The van der Waals surface area contributed by atoms with Crippen molar-refractivity contribution in [3.63, 3.8) is 0 Å². The molecule has 2 heterocycles. The maximum absolute atomic E-state index is 11.8. The van der Waals surface area contributed by atoms with E-state index in [0.29, 0.717) is 17.3 Å². The summed E-state index contributed by atoms with van der Waals surface area (Å²) in [5.41, 5.74) is 3.43. The van der Waals surface area contributed by atoms with Crippen molar-refractivity contribution in [1.29, 1.82) is 0 Å². The summed E-state index contributed by atoms with van der Waals surface area (Å²) in [6.45, 7) is 5.46. The van der Waals surface area contributed by atoms with Gasteiger partial charge in [0.1, 0.15) is 42.6 Å². The summed E-state index contributed by atoms with van der Waals surface area (Å²) in [5, 5.41) is 13.2. The second kappa shape index (κ2) is 11.0. The second-order valence-corrected chi connectivity index (χ2v) is 8.54. The van der Waals surface area contributed by atoms with Crippen LogP contribution in [0.5, 0.6) is 17.2 Å². The fraction of sp³-hybridized carbons (Fsp3) is 0.259. The van der Waals surface area contributed by atoms with Gasteiger partial charge in [0.05, 0.1) is 23.1 Å². The Morgan fingerprint density at radius 3 is 2.64 bits per heavy atom. The number of aromatic nitrogens is 3. The summed E-state index contributed by atoms with van der Waals surface area (Å²) in [4.78, 5) is 26.3. The lowest BCUT2D eigenvalue weighted by molar-refractivity contribution is -0.135. The molecule has 1 atom stereocenters. The number of anilines is 2. The van der Waals surface area contributed by atoms with E-state index in [4.69, 9.17) is 14.6 Å². The van der Waals surface area contributed by atoms with Gasteiger partial charge in [0.25, 0.3) is 0 Å². The van der Waals surface area contributed by atoms with Gasteiger partial charge in [0, 0.05) is 18.4 Å². The number of hydrogen-bond acceptors (Lipinski definition) is 8. The van der Waals surface area contributed by atoms with Crippen molar-refractivity contribution in [2.45, 2.75) is 26.8 Å². The quantitative estimate of drug-likeness (QED) is 0.358. The Kier molecular flexibility index (Phi) is 7.60. The third-order valence-electron chi connectivity index (χ3n) is 5.84. The molecule has 0 aliphatic heterocycles. The highest BCUT2D eigenvalue weighted by Crippen LogP contribution is 2.33. The molecule has 4 aromatic rings. The molecule has 0 aliphatic carbocycles. The van der Waals surface area contributed by atoms with Gasteiger partial charge in [-0.2, -0.15) is 0 Å². The van der Waals surface area contributed by atoms with Crippen LogP contribution in [-0.4, -0.2) is 57.2 Å². The number of hydrogen-bond donors (Lipinski definition) is 2. The minimum atomic E-state index is -0.540. The number of aryl methyl sites for hydroxylation is 2. The molecular formula is C27H29N5O4. The minimum Gasteiger partial charge on any atom is -0.491 e. The van der Waals surface area contributed by atoms with Gasteiger partial charge in [-0.25, -0.2) is 9.97 Å². The number of carbonyl (C=O) groups is 1. The molecule has 0 unspecified atom stereocenters. The first-order valence-corrected chi connectivity index (χ1v) is 11.6. The molecule has 0 radical (unpaired) electrons. The van der Waals surface area contributed by atoms with Crippen LogP contribution in [0.3, 0.4) is 0 Å². The number of pyridine rings is 1. The molecule has 2 N–H and O–H groups in total.